The molecule has 1 heterocycles. The molecule has 0 unspecified atom stereocenters. The fourth-order valence-electron chi connectivity index (χ4n) is 1.97. The maximum atomic E-state index is 12.0. The minimum Gasteiger partial charge on any atom is -0.490 e. The molecule has 1 rings (SSSR count). The molecule has 0 fully saturated rings. The molecule has 1 aromatic heterocycles. The van der Waals surface area contributed by atoms with Crippen molar-refractivity contribution < 1.29 is 9.53 Å². The first kappa shape index (κ1) is 23.4. The maximum absolute atomic E-state index is 12.0. The first-order valence-corrected chi connectivity index (χ1v) is 8.15. The van der Waals surface area contributed by atoms with Crippen LogP contribution in [0.5, 0.6) is 5.75 Å². The Bertz CT molecular complexity index is 532. The lowest BCUT2D eigenvalue weighted by Crippen LogP contribution is -2.48. The predicted molar refractivity (Wildman–Crippen MR) is 112 cm³/mol. The lowest BCUT2D eigenvalue weighted by molar-refractivity contribution is -0.122. The molecule has 8 heteroatoms. The summed E-state index contributed by atoms with van der Waals surface area (Å²) >= 11 is 0. The summed E-state index contributed by atoms with van der Waals surface area (Å²) < 4.78 is 5.57. The fraction of sp³-hybridized carbons (Fsp3) is 0.588. The van der Waals surface area contributed by atoms with Gasteiger partial charge in [-0.2, -0.15) is 0 Å². The van der Waals surface area contributed by atoms with E-state index in [0.717, 1.165) is 12.3 Å². The van der Waals surface area contributed by atoms with Crippen molar-refractivity contribution in [1.82, 2.24) is 20.5 Å². The van der Waals surface area contributed by atoms with Crippen LogP contribution in [-0.2, 0) is 4.79 Å². The summed E-state index contributed by atoms with van der Waals surface area (Å²) in [5.41, 5.74) is -0.245. The Kier molecular flexibility index (Phi) is 11.1. The average molecular weight is 463 g/mol. The second kappa shape index (κ2) is 11.9. The summed E-state index contributed by atoms with van der Waals surface area (Å²) in [5, 5.41) is 6.12. The highest BCUT2D eigenvalue weighted by Gasteiger charge is 2.16. The molecule has 0 aromatic carbocycles. The molecule has 1 aromatic rings. The number of amides is 1. The number of carbonyl (C=O) groups excluding carboxylic acids is 1. The Morgan fingerprint density at radius 1 is 1.40 bits per heavy atom. The van der Waals surface area contributed by atoms with E-state index in [1.54, 1.807) is 17.3 Å². The van der Waals surface area contributed by atoms with E-state index >= 15 is 0 Å². The number of pyridine rings is 1. The van der Waals surface area contributed by atoms with E-state index in [9.17, 15) is 4.79 Å². The van der Waals surface area contributed by atoms with E-state index in [4.69, 9.17) is 4.74 Å². The number of carbonyl (C=O) groups is 1. The highest BCUT2D eigenvalue weighted by molar-refractivity contribution is 14.0. The summed E-state index contributed by atoms with van der Waals surface area (Å²) in [6.45, 7) is 9.77. The monoisotopic (exact) mass is 463 g/mol. The Morgan fingerprint density at radius 3 is 2.68 bits per heavy atom. The zero-order valence-electron chi connectivity index (χ0n) is 15.7. The second-order valence-corrected chi connectivity index (χ2v) is 6.43. The number of guanidine groups is 1. The highest BCUT2D eigenvalue weighted by atomic mass is 127. The molecule has 25 heavy (non-hydrogen) atoms. The Hall–Kier alpha value is -1.58. The average Bonchev–Trinajstić information content (AvgIpc) is 2.49. The number of nitrogens with zero attached hydrogens (tertiary/aromatic N) is 3. The van der Waals surface area contributed by atoms with Gasteiger partial charge in [-0.05, 0) is 39.8 Å². The van der Waals surface area contributed by atoms with Crippen molar-refractivity contribution in [2.24, 2.45) is 4.99 Å². The van der Waals surface area contributed by atoms with Crippen LogP contribution in [0.15, 0.2) is 29.5 Å². The van der Waals surface area contributed by atoms with Crippen LogP contribution >= 0.6 is 24.0 Å². The fourth-order valence-corrected chi connectivity index (χ4v) is 1.97. The first-order valence-electron chi connectivity index (χ1n) is 8.15. The van der Waals surface area contributed by atoms with Gasteiger partial charge < -0.3 is 20.3 Å². The minimum absolute atomic E-state index is 0. The molecular formula is C17H30IN5O2. The first-order chi connectivity index (χ1) is 11.3. The number of nitrogens with one attached hydrogen (secondary N) is 2. The van der Waals surface area contributed by atoms with E-state index in [1.165, 1.54) is 0 Å². The van der Waals surface area contributed by atoms with E-state index in [-0.39, 0.29) is 42.0 Å². The summed E-state index contributed by atoms with van der Waals surface area (Å²) in [6.07, 6.45) is 3.36. The van der Waals surface area contributed by atoms with Crippen LogP contribution in [0.4, 0.5) is 0 Å². The Labute approximate surface area is 167 Å². The van der Waals surface area contributed by atoms with Gasteiger partial charge in [-0.15, -0.1) is 24.0 Å². The van der Waals surface area contributed by atoms with Crippen molar-refractivity contribution in [3.63, 3.8) is 0 Å². The highest BCUT2D eigenvalue weighted by Crippen LogP contribution is 2.05. The van der Waals surface area contributed by atoms with Crippen LogP contribution in [0.1, 0.15) is 27.7 Å². The molecule has 0 spiro atoms. The lowest BCUT2D eigenvalue weighted by Gasteiger charge is -2.25. The molecule has 0 radical (unpaired) electrons. The number of aromatic nitrogens is 1. The van der Waals surface area contributed by atoms with Gasteiger partial charge in [0.1, 0.15) is 12.4 Å². The normalized spacial score (nSPS) is 11.3. The largest absolute Gasteiger partial charge is 0.490 e. The lowest BCUT2D eigenvalue weighted by atomic mass is 10.1. The van der Waals surface area contributed by atoms with Crippen LogP contribution < -0.4 is 15.4 Å². The van der Waals surface area contributed by atoms with Crippen LogP contribution in [0, 0.1) is 0 Å². The van der Waals surface area contributed by atoms with Gasteiger partial charge in [0, 0.05) is 25.3 Å². The molecule has 2 N–H and O–H groups in total. The molecule has 0 saturated carbocycles. The van der Waals surface area contributed by atoms with E-state index < -0.39 is 0 Å². The second-order valence-electron chi connectivity index (χ2n) is 6.43. The third kappa shape index (κ3) is 10.8. The van der Waals surface area contributed by atoms with Crippen molar-refractivity contribution >= 4 is 35.8 Å². The smallest absolute Gasteiger partial charge is 0.240 e. The van der Waals surface area contributed by atoms with Crippen molar-refractivity contribution in [3.8, 4) is 5.75 Å². The van der Waals surface area contributed by atoms with E-state index in [2.05, 4.69) is 20.6 Å². The van der Waals surface area contributed by atoms with Crippen LogP contribution in [-0.4, -0.2) is 60.6 Å². The quantitative estimate of drug-likeness (QED) is 0.280. The van der Waals surface area contributed by atoms with E-state index in [1.807, 2.05) is 46.9 Å². The summed E-state index contributed by atoms with van der Waals surface area (Å²) in [6, 6.07) is 3.68. The molecule has 0 aliphatic carbocycles. The number of hydrogen-bond acceptors (Lipinski definition) is 4. The van der Waals surface area contributed by atoms with Gasteiger partial charge in [0.25, 0.3) is 0 Å². The number of ether oxygens (including phenoxy) is 1. The number of halogens is 1. The maximum Gasteiger partial charge on any atom is 0.240 e. The molecule has 0 bridgehead atoms. The van der Waals surface area contributed by atoms with Crippen molar-refractivity contribution in [2.75, 3.05) is 33.3 Å². The molecular weight excluding hydrogens is 433 g/mol. The number of aliphatic imine (C=N–C) groups is 1. The number of rotatable bonds is 7. The van der Waals surface area contributed by atoms with Gasteiger partial charge in [0.15, 0.2) is 5.96 Å². The third-order valence-corrected chi connectivity index (χ3v) is 2.85. The Morgan fingerprint density at radius 2 is 2.12 bits per heavy atom. The van der Waals surface area contributed by atoms with Gasteiger partial charge in [-0.1, -0.05) is 0 Å². The zero-order valence-corrected chi connectivity index (χ0v) is 18.0. The van der Waals surface area contributed by atoms with Gasteiger partial charge in [-0.3, -0.25) is 9.78 Å². The van der Waals surface area contributed by atoms with Crippen LogP contribution in [0.25, 0.3) is 0 Å². The topological polar surface area (TPSA) is 78.9 Å². The summed E-state index contributed by atoms with van der Waals surface area (Å²) in [4.78, 5) is 22.3. The van der Waals surface area contributed by atoms with Crippen LogP contribution in [0.3, 0.4) is 0 Å². The van der Waals surface area contributed by atoms with Gasteiger partial charge in [-0.25, -0.2) is 4.99 Å². The number of hydrogen-bond donors (Lipinski definition) is 2. The molecule has 0 atom stereocenters. The van der Waals surface area contributed by atoms with Gasteiger partial charge in [0.2, 0.25) is 5.91 Å². The molecule has 7 nitrogen and oxygen atoms in total. The van der Waals surface area contributed by atoms with Crippen molar-refractivity contribution in [1.29, 1.82) is 0 Å². The molecule has 0 saturated heterocycles. The summed E-state index contributed by atoms with van der Waals surface area (Å²) in [7, 11) is 1.84. The summed E-state index contributed by atoms with van der Waals surface area (Å²) in [5.74, 6) is 1.36. The van der Waals surface area contributed by atoms with E-state index in [0.29, 0.717) is 19.1 Å². The molecule has 142 valence electrons. The molecule has 0 aliphatic rings. The number of likely N-dealkylation sites (N-methyl/N-ethyl adjacent to an activating group) is 1. The Balaban J connectivity index is 0.00000576. The van der Waals surface area contributed by atoms with Crippen molar-refractivity contribution in [2.45, 2.75) is 33.2 Å². The van der Waals surface area contributed by atoms with Crippen LogP contribution in [0.2, 0.25) is 0 Å². The minimum atomic E-state index is -0.245. The standard InChI is InChI=1S/C17H29N5O2.HI/c1-6-19-16(22(5)13-15(23)21-17(2,3)4)20-10-11-24-14-8-7-9-18-12-14;/h7-9,12H,6,10-11,13H2,1-5H3,(H,19,20)(H,21,23);1H. The SMILES string of the molecule is CCNC(=NCCOc1cccnc1)N(C)CC(=O)NC(C)(C)C.I. The zero-order chi connectivity index (χ0) is 18.0. The molecule has 1 amide bonds. The third-order valence-electron chi connectivity index (χ3n) is 2.85. The van der Waals surface area contributed by atoms with Crippen molar-refractivity contribution in [3.05, 3.63) is 24.5 Å². The predicted octanol–water partition coefficient (Wildman–Crippen LogP) is 1.89. The van der Waals surface area contributed by atoms with Gasteiger partial charge in [0.05, 0.1) is 19.3 Å². The molecule has 0 aliphatic heterocycles. The van der Waals surface area contributed by atoms with Gasteiger partial charge >= 0.3 is 0 Å².